The number of hydrogen-bond acceptors (Lipinski definition) is 3. The summed E-state index contributed by atoms with van der Waals surface area (Å²) < 4.78 is 4.47. The predicted molar refractivity (Wildman–Crippen MR) is 66.0 cm³/mol. The number of benzene rings is 1. The highest BCUT2D eigenvalue weighted by Crippen LogP contribution is 2.12. The molecule has 0 aliphatic carbocycles. The highest BCUT2D eigenvalue weighted by molar-refractivity contribution is 6.30. The van der Waals surface area contributed by atoms with Crippen LogP contribution in [0.4, 0.5) is 0 Å². The quantitative estimate of drug-likeness (QED) is 0.733. The van der Waals surface area contributed by atoms with E-state index < -0.39 is 0 Å². The van der Waals surface area contributed by atoms with Gasteiger partial charge in [0.1, 0.15) is 5.78 Å². The molecule has 0 bridgehead atoms. The Labute approximate surface area is 106 Å². The summed E-state index contributed by atoms with van der Waals surface area (Å²) in [7, 11) is 1.32. The number of carbonyl (C=O) groups is 2. The van der Waals surface area contributed by atoms with Crippen LogP contribution in [0, 0.1) is 0 Å². The molecule has 0 unspecified atom stereocenters. The van der Waals surface area contributed by atoms with E-state index in [0.717, 1.165) is 5.56 Å². The number of halogens is 1. The van der Waals surface area contributed by atoms with Crippen LogP contribution < -0.4 is 0 Å². The van der Waals surface area contributed by atoms with Gasteiger partial charge in [-0.25, -0.2) is 0 Å². The minimum Gasteiger partial charge on any atom is -0.469 e. The number of esters is 1. The zero-order valence-corrected chi connectivity index (χ0v) is 10.5. The molecule has 1 aromatic rings. The average molecular weight is 255 g/mol. The van der Waals surface area contributed by atoms with E-state index in [1.807, 2.05) is 18.2 Å². The van der Waals surface area contributed by atoms with E-state index in [0.29, 0.717) is 17.9 Å². The monoisotopic (exact) mass is 254 g/mol. The van der Waals surface area contributed by atoms with Gasteiger partial charge >= 0.3 is 5.97 Å². The molecule has 0 fully saturated rings. The van der Waals surface area contributed by atoms with Crippen molar-refractivity contribution in [3.05, 3.63) is 34.9 Å². The van der Waals surface area contributed by atoms with E-state index in [1.165, 1.54) is 7.11 Å². The van der Waals surface area contributed by atoms with Crippen molar-refractivity contribution >= 4 is 23.4 Å². The van der Waals surface area contributed by atoms with Crippen LogP contribution in [0.15, 0.2) is 24.3 Å². The van der Waals surface area contributed by atoms with Crippen LogP contribution in [-0.2, 0) is 20.7 Å². The number of carbonyl (C=O) groups excluding carboxylic acids is 2. The molecule has 0 N–H and O–H groups in total. The van der Waals surface area contributed by atoms with Crippen LogP contribution in [0.25, 0.3) is 0 Å². The minimum absolute atomic E-state index is 0.0652. The SMILES string of the molecule is COC(=O)CCC(=O)CCc1cccc(Cl)c1. The molecule has 0 saturated heterocycles. The van der Waals surface area contributed by atoms with Crippen LogP contribution in [-0.4, -0.2) is 18.9 Å². The molecule has 0 atom stereocenters. The second-order valence-electron chi connectivity index (χ2n) is 3.74. The lowest BCUT2D eigenvalue weighted by Gasteiger charge is -2.02. The topological polar surface area (TPSA) is 43.4 Å². The van der Waals surface area contributed by atoms with Crippen molar-refractivity contribution in [1.29, 1.82) is 0 Å². The molecular formula is C13H15ClO3. The molecule has 0 spiro atoms. The molecule has 1 aromatic carbocycles. The van der Waals surface area contributed by atoms with Crippen molar-refractivity contribution in [3.63, 3.8) is 0 Å². The minimum atomic E-state index is -0.346. The van der Waals surface area contributed by atoms with Gasteiger partial charge in [0.15, 0.2) is 0 Å². The first-order valence-corrected chi connectivity index (χ1v) is 5.82. The Bertz CT molecular complexity index is 401. The Balaban J connectivity index is 2.31. The standard InChI is InChI=1S/C13H15ClO3/c1-17-13(16)8-7-12(15)6-5-10-3-2-4-11(14)9-10/h2-4,9H,5-8H2,1H3. The number of ketones is 1. The summed E-state index contributed by atoms with van der Waals surface area (Å²) in [6.45, 7) is 0. The molecule has 4 heteroatoms. The summed E-state index contributed by atoms with van der Waals surface area (Å²) in [6.07, 6.45) is 1.48. The summed E-state index contributed by atoms with van der Waals surface area (Å²) in [5.41, 5.74) is 1.03. The van der Waals surface area contributed by atoms with Gasteiger partial charge in [-0.3, -0.25) is 9.59 Å². The van der Waals surface area contributed by atoms with E-state index >= 15 is 0 Å². The van der Waals surface area contributed by atoms with Crippen LogP contribution in [0.3, 0.4) is 0 Å². The van der Waals surface area contributed by atoms with Crippen LogP contribution in [0.1, 0.15) is 24.8 Å². The molecule has 0 radical (unpaired) electrons. The molecule has 0 saturated carbocycles. The van der Waals surface area contributed by atoms with Gasteiger partial charge in [0.25, 0.3) is 0 Å². The number of methoxy groups -OCH3 is 1. The van der Waals surface area contributed by atoms with Crippen molar-refractivity contribution in [1.82, 2.24) is 0 Å². The molecule has 0 aromatic heterocycles. The first kappa shape index (κ1) is 13.7. The number of Topliss-reactive ketones (excluding diaryl/α,β-unsaturated/α-hetero) is 1. The fourth-order valence-electron chi connectivity index (χ4n) is 1.44. The lowest BCUT2D eigenvalue weighted by atomic mass is 10.1. The van der Waals surface area contributed by atoms with Crippen LogP contribution in [0.2, 0.25) is 5.02 Å². The van der Waals surface area contributed by atoms with Gasteiger partial charge < -0.3 is 4.74 Å². The first-order chi connectivity index (χ1) is 8.11. The lowest BCUT2D eigenvalue weighted by molar-refractivity contribution is -0.141. The van der Waals surface area contributed by atoms with Gasteiger partial charge in [-0.2, -0.15) is 0 Å². The third-order valence-electron chi connectivity index (χ3n) is 2.42. The Hall–Kier alpha value is -1.35. The van der Waals surface area contributed by atoms with Crippen molar-refractivity contribution in [3.8, 4) is 0 Å². The summed E-state index contributed by atoms with van der Waals surface area (Å²) in [5.74, 6) is -0.281. The van der Waals surface area contributed by atoms with Crippen molar-refractivity contribution < 1.29 is 14.3 Å². The molecular weight excluding hydrogens is 240 g/mol. The highest BCUT2D eigenvalue weighted by atomic mass is 35.5. The second-order valence-corrected chi connectivity index (χ2v) is 4.18. The van der Waals surface area contributed by atoms with Gasteiger partial charge in [0, 0.05) is 17.9 Å². The summed E-state index contributed by atoms with van der Waals surface area (Å²) in [5, 5.41) is 0.671. The fourth-order valence-corrected chi connectivity index (χ4v) is 1.66. The van der Waals surface area contributed by atoms with E-state index in [4.69, 9.17) is 11.6 Å². The Morgan fingerprint density at radius 3 is 2.65 bits per heavy atom. The maximum atomic E-state index is 11.5. The maximum absolute atomic E-state index is 11.5. The number of aryl methyl sites for hydroxylation is 1. The van der Waals surface area contributed by atoms with Crippen molar-refractivity contribution in [2.45, 2.75) is 25.7 Å². The summed E-state index contributed by atoms with van der Waals surface area (Å²) >= 11 is 5.84. The summed E-state index contributed by atoms with van der Waals surface area (Å²) in [4.78, 5) is 22.3. The average Bonchev–Trinajstić information content (AvgIpc) is 2.33. The van der Waals surface area contributed by atoms with Gasteiger partial charge in [-0.15, -0.1) is 0 Å². The molecule has 0 heterocycles. The molecule has 1 rings (SSSR count). The Morgan fingerprint density at radius 2 is 2.00 bits per heavy atom. The van der Waals surface area contributed by atoms with Gasteiger partial charge in [-0.05, 0) is 24.1 Å². The van der Waals surface area contributed by atoms with E-state index in [-0.39, 0.29) is 24.6 Å². The molecule has 17 heavy (non-hydrogen) atoms. The Morgan fingerprint density at radius 1 is 1.24 bits per heavy atom. The third kappa shape index (κ3) is 5.50. The van der Waals surface area contributed by atoms with E-state index in [2.05, 4.69) is 4.74 Å². The highest BCUT2D eigenvalue weighted by Gasteiger charge is 2.07. The van der Waals surface area contributed by atoms with Gasteiger partial charge in [0.05, 0.1) is 13.5 Å². The van der Waals surface area contributed by atoms with E-state index in [1.54, 1.807) is 6.07 Å². The van der Waals surface area contributed by atoms with Crippen LogP contribution in [0.5, 0.6) is 0 Å². The van der Waals surface area contributed by atoms with Crippen LogP contribution >= 0.6 is 11.6 Å². The molecule has 3 nitrogen and oxygen atoms in total. The van der Waals surface area contributed by atoms with Crippen molar-refractivity contribution in [2.24, 2.45) is 0 Å². The second kappa shape index (κ2) is 7.07. The van der Waals surface area contributed by atoms with Gasteiger partial charge in [0.2, 0.25) is 0 Å². The first-order valence-electron chi connectivity index (χ1n) is 5.45. The molecule has 0 amide bonds. The number of ether oxygens (including phenoxy) is 1. The number of hydrogen-bond donors (Lipinski definition) is 0. The van der Waals surface area contributed by atoms with E-state index in [9.17, 15) is 9.59 Å². The zero-order chi connectivity index (χ0) is 12.7. The van der Waals surface area contributed by atoms with Crippen molar-refractivity contribution in [2.75, 3.05) is 7.11 Å². The fraction of sp³-hybridized carbons (Fsp3) is 0.385. The molecule has 0 aliphatic rings. The largest absolute Gasteiger partial charge is 0.469 e. The third-order valence-corrected chi connectivity index (χ3v) is 2.65. The zero-order valence-electron chi connectivity index (χ0n) is 9.74. The normalized spacial score (nSPS) is 10.0. The molecule has 0 aliphatic heterocycles. The lowest BCUT2D eigenvalue weighted by Crippen LogP contribution is -2.06. The van der Waals surface area contributed by atoms with Gasteiger partial charge in [-0.1, -0.05) is 23.7 Å². The molecule has 92 valence electrons. The summed E-state index contributed by atoms with van der Waals surface area (Å²) in [6, 6.07) is 7.43. The number of rotatable bonds is 6. The maximum Gasteiger partial charge on any atom is 0.305 e. The predicted octanol–water partition coefficient (Wildman–Crippen LogP) is 2.79. The smallest absolute Gasteiger partial charge is 0.305 e. The Kier molecular flexibility index (Phi) is 5.70.